The molecule has 0 fully saturated rings. The van der Waals surface area contributed by atoms with E-state index in [4.69, 9.17) is 13.6 Å². The van der Waals surface area contributed by atoms with Gasteiger partial charge in [0, 0.05) is 10.8 Å². The second-order valence-electron chi connectivity index (χ2n) is 18.4. The first-order chi connectivity index (χ1) is 35.8. The maximum absolute atomic E-state index is 12.8. The Morgan fingerprint density at radius 1 is 0.250 bits per heavy atom. The number of fused-ring (bicyclic) bond motifs is 10. The Labute approximate surface area is 423 Å². The molecule has 0 bridgehead atoms. The summed E-state index contributed by atoms with van der Waals surface area (Å²) in [5.41, 5.74) is -5.44. The molecule has 0 amide bonds. The number of benzene rings is 7. The van der Waals surface area contributed by atoms with Gasteiger partial charge in [0.2, 0.25) is 40.1 Å². The molecule has 0 atom stereocenters. The van der Waals surface area contributed by atoms with E-state index in [1.165, 1.54) is 39.2 Å². The molecule has 5 heterocycles. The number of hydrogen-bond donors (Lipinski definition) is 18. The van der Waals surface area contributed by atoms with E-state index in [1.54, 1.807) is 7.85 Å². The van der Waals surface area contributed by atoms with E-state index < -0.39 is 198 Å². The van der Waals surface area contributed by atoms with Crippen molar-refractivity contribution in [2.75, 3.05) is 0 Å². The Morgan fingerprint density at radius 2 is 0.697 bits per heavy atom. The fraction of sp³-hybridized carbons (Fsp3) is 0. The molecule has 76 heavy (non-hydrogen) atoms. The van der Waals surface area contributed by atoms with Gasteiger partial charge in [-0.1, -0.05) is 16.4 Å². The summed E-state index contributed by atoms with van der Waals surface area (Å²) in [6.07, 6.45) is 0. The van der Waals surface area contributed by atoms with Gasteiger partial charge in [0.15, 0.2) is 80.4 Å². The van der Waals surface area contributed by atoms with Crippen LogP contribution in [0.5, 0.6) is 103 Å². The highest BCUT2D eigenvalue weighted by atomic mass is 17.0. The van der Waals surface area contributed by atoms with E-state index in [0.717, 1.165) is 4.40 Å². The lowest BCUT2D eigenvalue weighted by atomic mass is 9.69. The molecule has 12 aromatic rings. The molecule has 374 valence electrons. The van der Waals surface area contributed by atoms with E-state index in [1.807, 2.05) is 0 Å². The molecule has 12 rings (SSSR count). The predicted octanol–water partition coefficient (Wildman–Crippen LogP) is -3.77. The average molecular weight is 1030 g/mol. The fourth-order valence-corrected chi connectivity index (χ4v) is 10.6. The summed E-state index contributed by atoms with van der Waals surface area (Å²) >= 11 is 0. The van der Waals surface area contributed by atoms with Crippen LogP contribution in [0, 0.1) is 0 Å². The van der Waals surface area contributed by atoms with E-state index in [-0.39, 0.29) is 49.1 Å². The second kappa shape index (κ2) is 14.6. The number of rotatable bonds is 3. The molecule has 0 aliphatic heterocycles. The molecule has 31 heteroatoms. The number of nitrogens with zero attached hydrogens (tertiary/aromatic N) is 4. The molecule has 25 nitrogen and oxygen atoms in total. The highest BCUT2D eigenvalue weighted by molar-refractivity contribution is 6.60. The summed E-state index contributed by atoms with van der Waals surface area (Å²) in [5, 5.41) is 202. The van der Waals surface area contributed by atoms with Gasteiger partial charge in [0.05, 0.1) is 49.0 Å². The third kappa shape index (κ3) is 5.20. The van der Waals surface area contributed by atoms with Crippen molar-refractivity contribution < 1.29 is 105 Å². The monoisotopic (exact) mass is 1030 g/mol. The molecular formula is C45H30B6N4O21. The Balaban J connectivity index is 1.33. The number of furan rings is 1. The molecule has 0 unspecified atom stereocenters. The lowest BCUT2D eigenvalue weighted by molar-refractivity contribution is 0.0927. The maximum Gasteiger partial charge on any atom is 0.206 e. The zero-order valence-corrected chi connectivity index (χ0v) is 39.6. The van der Waals surface area contributed by atoms with Gasteiger partial charge in [0.25, 0.3) is 0 Å². The number of phenols is 18. The topological polar surface area (TPSA) is 447 Å². The predicted molar refractivity (Wildman–Crippen MR) is 285 cm³/mol. The van der Waals surface area contributed by atoms with Crippen LogP contribution in [0.2, 0.25) is 0 Å². The highest BCUT2D eigenvalue weighted by Crippen LogP contribution is 2.61. The van der Waals surface area contributed by atoms with Crippen LogP contribution >= 0.6 is 0 Å². The van der Waals surface area contributed by atoms with Crippen LogP contribution in [0.3, 0.4) is 0 Å². The summed E-state index contributed by atoms with van der Waals surface area (Å²) in [6, 6.07) is 0. The summed E-state index contributed by atoms with van der Waals surface area (Å²) in [4.78, 5) is 13.3. The van der Waals surface area contributed by atoms with Crippen LogP contribution in [0.4, 0.5) is 0 Å². The minimum atomic E-state index is -1.29. The van der Waals surface area contributed by atoms with Crippen LogP contribution in [-0.4, -0.2) is 158 Å². The molecule has 18 N–H and O–H groups in total. The molecule has 0 spiro atoms. The van der Waals surface area contributed by atoms with Gasteiger partial charge in [0.1, 0.15) is 86.5 Å². The van der Waals surface area contributed by atoms with Crippen LogP contribution in [0.1, 0.15) is 0 Å². The summed E-state index contributed by atoms with van der Waals surface area (Å²) < 4.78 is 19.4. The molecular weight excluding hydrogens is 997 g/mol. The number of hydrogen-bond acceptors (Lipinski definition) is 24. The van der Waals surface area contributed by atoms with Crippen molar-refractivity contribution >= 4 is 162 Å². The SMILES string of the molecule is Bc1c(B)c(O)c(O)c(-c2nc(-c3c(B)c(O)c(O)c(O)c3O)nc(-c3c(O)c(B)c4ooc5c6c(oc7c(O)c(O)c(O)c(c4c3O)c76)c3c4c(O)c(O)c(O)c(O)c4n4c6c(O)c(O)c(B)c(O)c6c5c34)n2)c1B. The lowest BCUT2D eigenvalue weighted by Gasteiger charge is -2.19. The van der Waals surface area contributed by atoms with Crippen molar-refractivity contribution in [1.29, 1.82) is 0 Å². The molecule has 0 aliphatic rings. The maximum atomic E-state index is 12.8. The summed E-state index contributed by atoms with van der Waals surface area (Å²) in [5.74, 6) is -20.7. The Morgan fingerprint density at radius 3 is 1.33 bits per heavy atom. The van der Waals surface area contributed by atoms with Crippen LogP contribution in [0.15, 0.2) is 13.6 Å². The van der Waals surface area contributed by atoms with Gasteiger partial charge in [-0.3, -0.25) is 9.15 Å². The number of phenolic OH excluding ortho intramolecular Hbond substituents is 18. The van der Waals surface area contributed by atoms with Gasteiger partial charge in [-0.2, -0.15) is 0 Å². The quantitative estimate of drug-likeness (QED) is 0.0349. The normalized spacial score (nSPS) is 12.2. The van der Waals surface area contributed by atoms with Gasteiger partial charge in [-0.15, -0.1) is 0 Å². The zero-order chi connectivity index (χ0) is 54.8. The minimum Gasteiger partial charge on any atom is -0.508 e. The smallest absolute Gasteiger partial charge is 0.206 e. The first-order valence-corrected chi connectivity index (χ1v) is 22.3. The van der Waals surface area contributed by atoms with Crippen molar-refractivity contribution in [2.45, 2.75) is 0 Å². The molecule has 0 radical (unpaired) electrons. The van der Waals surface area contributed by atoms with Crippen molar-refractivity contribution in [3.05, 3.63) is 0 Å². The van der Waals surface area contributed by atoms with Gasteiger partial charge >= 0.3 is 0 Å². The third-order valence-electron chi connectivity index (χ3n) is 14.7. The Hall–Kier alpha value is -10.5. The summed E-state index contributed by atoms with van der Waals surface area (Å²) in [6.45, 7) is 0. The molecule has 5 aromatic heterocycles. The molecule has 0 saturated carbocycles. The van der Waals surface area contributed by atoms with Crippen LogP contribution in [-0.2, 0) is 0 Å². The van der Waals surface area contributed by atoms with Crippen LogP contribution in [0.25, 0.3) is 116 Å². The first-order valence-electron chi connectivity index (χ1n) is 22.3. The molecule has 7 aromatic carbocycles. The Kier molecular flexibility index (Phi) is 8.96. The van der Waals surface area contributed by atoms with Gasteiger partial charge < -0.3 is 101 Å². The van der Waals surface area contributed by atoms with Crippen molar-refractivity contribution in [1.82, 2.24) is 19.4 Å². The zero-order valence-electron chi connectivity index (χ0n) is 39.6. The van der Waals surface area contributed by atoms with E-state index in [9.17, 15) is 91.9 Å². The van der Waals surface area contributed by atoms with E-state index >= 15 is 0 Å². The van der Waals surface area contributed by atoms with Gasteiger partial charge in [-0.25, -0.2) is 15.0 Å². The van der Waals surface area contributed by atoms with Gasteiger partial charge in [-0.05, 0) is 16.4 Å². The van der Waals surface area contributed by atoms with Crippen molar-refractivity contribution in [3.8, 4) is 138 Å². The second-order valence-corrected chi connectivity index (χ2v) is 18.4. The average Bonchev–Trinajstić information content (AvgIpc) is 4.14. The Bertz CT molecular complexity index is 4690. The largest absolute Gasteiger partial charge is 0.508 e. The van der Waals surface area contributed by atoms with E-state index in [2.05, 4.69) is 15.0 Å². The lowest BCUT2D eigenvalue weighted by Crippen LogP contribution is -2.40. The highest BCUT2D eigenvalue weighted by Gasteiger charge is 2.38. The number of aromatic nitrogens is 4. The van der Waals surface area contributed by atoms with Crippen LogP contribution < -0.4 is 32.8 Å². The summed E-state index contributed by atoms with van der Waals surface area (Å²) in [7, 11) is 8.25. The van der Waals surface area contributed by atoms with E-state index in [0.29, 0.717) is 5.46 Å². The van der Waals surface area contributed by atoms with Crippen molar-refractivity contribution in [2.24, 2.45) is 0 Å². The minimum absolute atomic E-state index is 0.254. The fourth-order valence-electron chi connectivity index (χ4n) is 10.6. The molecule has 0 aliphatic carbocycles. The molecule has 0 saturated heterocycles. The first kappa shape index (κ1) is 46.6. The number of aromatic hydroxyl groups is 18. The van der Waals surface area contributed by atoms with Crippen molar-refractivity contribution in [3.63, 3.8) is 0 Å². The standard InChI is InChI=1S/C45H30B6N4O21/c46-12-9(26(61)29(64)15(49)14(12)48)43-52-44(10-13(47)28(63)36(71)34(69)27(10)62)54-45(53-43)11-21(56)7-1-2-8-39(74-42(2)38(73)35(70)24(1)59)5-4-20(32(67)37(72)33(68)25(4)60)55-18(5)6(40(8)75-76-41(7)17(51)23(11)58)3-19(55)31(66)30(65)16(50)22(3)57/h56-73H,46-51H2. The third-order valence-corrected chi connectivity index (χ3v) is 14.7.